The Bertz CT molecular complexity index is 787. The summed E-state index contributed by atoms with van der Waals surface area (Å²) in [7, 11) is -3.62. The molecule has 0 saturated carbocycles. The third-order valence-corrected chi connectivity index (χ3v) is 6.05. The zero-order chi connectivity index (χ0) is 18.0. The first kappa shape index (κ1) is 17.9. The van der Waals surface area contributed by atoms with Crippen molar-refractivity contribution in [1.29, 1.82) is 0 Å². The van der Waals surface area contributed by atoms with Gasteiger partial charge in [0.15, 0.2) is 5.84 Å². The van der Waals surface area contributed by atoms with Gasteiger partial charge in [-0.15, -0.1) is 4.40 Å². The lowest BCUT2D eigenvalue weighted by Gasteiger charge is -2.33. The van der Waals surface area contributed by atoms with Gasteiger partial charge in [-0.3, -0.25) is 4.79 Å². The van der Waals surface area contributed by atoms with Crippen LogP contribution in [-0.2, 0) is 14.8 Å². The summed E-state index contributed by atoms with van der Waals surface area (Å²) in [5.41, 5.74) is 0.642. The van der Waals surface area contributed by atoms with Crippen LogP contribution in [-0.4, -0.2) is 44.7 Å². The van der Waals surface area contributed by atoms with Crippen LogP contribution in [0.2, 0.25) is 0 Å². The standard InChI is InChI=1S/C18H25N3O3S/c1-13(2)9-10-19-18(22)14-6-5-11-21(12-14)17-15-7-3-4-8-16(15)25(23,24)20-17/h3-4,7-8,13-14H,5-6,9-12H2,1-2H3,(H,19,22)/t14-/m0/s1. The largest absolute Gasteiger partial charge is 0.356 e. The van der Waals surface area contributed by atoms with Crippen molar-refractivity contribution in [3.8, 4) is 0 Å². The number of carbonyl (C=O) groups excluding carboxylic acids is 1. The Morgan fingerprint density at radius 3 is 2.88 bits per heavy atom. The van der Waals surface area contributed by atoms with Crippen LogP contribution in [0.3, 0.4) is 0 Å². The van der Waals surface area contributed by atoms with Gasteiger partial charge >= 0.3 is 0 Å². The second-order valence-corrected chi connectivity index (χ2v) is 8.72. The fraction of sp³-hybridized carbons (Fsp3) is 0.556. The molecule has 2 aliphatic heterocycles. The Balaban J connectivity index is 1.71. The van der Waals surface area contributed by atoms with Crippen molar-refractivity contribution in [3.05, 3.63) is 29.8 Å². The monoisotopic (exact) mass is 363 g/mol. The number of fused-ring (bicyclic) bond motifs is 1. The Morgan fingerprint density at radius 2 is 2.12 bits per heavy atom. The number of nitrogens with one attached hydrogen (secondary N) is 1. The quantitative estimate of drug-likeness (QED) is 0.887. The third-order valence-electron chi connectivity index (χ3n) is 4.73. The summed E-state index contributed by atoms with van der Waals surface area (Å²) in [6.45, 7) is 6.18. The fourth-order valence-corrected chi connectivity index (χ4v) is 4.56. The normalized spacial score (nSPS) is 21.8. The minimum absolute atomic E-state index is 0.0556. The Kier molecular flexibility index (Phi) is 5.13. The number of carbonyl (C=O) groups is 1. The number of hydrogen-bond donors (Lipinski definition) is 1. The number of rotatable bonds is 4. The molecule has 6 nitrogen and oxygen atoms in total. The molecule has 0 aromatic heterocycles. The lowest BCUT2D eigenvalue weighted by molar-refractivity contribution is -0.126. The van der Waals surface area contributed by atoms with Crippen LogP contribution < -0.4 is 5.32 Å². The van der Waals surface area contributed by atoms with E-state index in [1.807, 2.05) is 11.0 Å². The number of likely N-dealkylation sites (tertiary alicyclic amines) is 1. The molecule has 3 rings (SSSR count). The molecule has 1 amide bonds. The Labute approximate surface area is 149 Å². The number of hydrogen-bond acceptors (Lipinski definition) is 4. The van der Waals surface area contributed by atoms with Gasteiger partial charge in [0.05, 0.1) is 5.92 Å². The molecule has 0 unspecified atom stereocenters. The predicted molar refractivity (Wildman–Crippen MR) is 96.9 cm³/mol. The van der Waals surface area contributed by atoms with E-state index in [-0.39, 0.29) is 16.7 Å². The van der Waals surface area contributed by atoms with E-state index in [1.165, 1.54) is 0 Å². The van der Waals surface area contributed by atoms with Gasteiger partial charge in [0.1, 0.15) is 4.90 Å². The molecule has 0 spiro atoms. The van der Waals surface area contributed by atoms with Crippen molar-refractivity contribution < 1.29 is 13.2 Å². The van der Waals surface area contributed by atoms with Crippen LogP contribution in [0.25, 0.3) is 0 Å². The molecule has 1 atom stereocenters. The predicted octanol–water partition coefficient (Wildman–Crippen LogP) is 2.01. The lowest BCUT2D eigenvalue weighted by Crippen LogP contribution is -2.45. The summed E-state index contributed by atoms with van der Waals surface area (Å²) < 4.78 is 28.4. The van der Waals surface area contributed by atoms with E-state index >= 15 is 0 Å². The molecule has 25 heavy (non-hydrogen) atoms. The maximum absolute atomic E-state index is 12.4. The highest BCUT2D eigenvalue weighted by atomic mass is 32.2. The van der Waals surface area contributed by atoms with Crippen molar-refractivity contribution in [3.63, 3.8) is 0 Å². The van der Waals surface area contributed by atoms with Gasteiger partial charge in [-0.1, -0.05) is 26.0 Å². The molecule has 1 N–H and O–H groups in total. The van der Waals surface area contributed by atoms with E-state index in [4.69, 9.17) is 0 Å². The van der Waals surface area contributed by atoms with Crippen LogP contribution in [0.5, 0.6) is 0 Å². The van der Waals surface area contributed by atoms with Crippen LogP contribution in [0.15, 0.2) is 33.6 Å². The highest BCUT2D eigenvalue weighted by Gasteiger charge is 2.35. The van der Waals surface area contributed by atoms with Crippen LogP contribution in [0.1, 0.15) is 38.7 Å². The van der Waals surface area contributed by atoms with Gasteiger partial charge in [0, 0.05) is 25.2 Å². The Morgan fingerprint density at radius 1 is 1.36 bits per heavy atom. The molecule has 136 valence electrons. The van der Waals surface area contributed by atoms with Gasteiger partial charge in [0.25, 0.3) is 10.0 Å². The Hall–Kier alpha value is -1.89. The van der Waals surface area contributed by atoms with Crippen LogP contribution in [0, 0.1) is 11.8 Å². The van der Waals surface area contributed by atoms with E-state index in [0.29, 0.717) is 30.4 Å². The second-order valence-electron chi connectivity index (χ2n) is 7.14. The van der Waals surface area contributed by atoms with E-state index < -0.39 is 10.0 Å². The summed E-state index contributed by atoms with van der Waals surface area (Å²) in [5.74, 6) is 0.965. The molecule has 1 saturated heterocycles. The molecule has 7 heteroatoms. The summed E-state index contributed by atoms with van der Waals surface area (Å²) >= 11 is 0. The SMILES string of the molecule is CC(C)CCNC(=O)[C@H]1CCCN(C2=NS(=O)(=O)c3ccccc32)C1. The maximum Gasteiger partial charge on any atom is 0.285 e. The van der Waals surface area contributed by atoms with E-state index in [9.17, 15) is 13.2 Å². The van der Waals surface area contributed by atoms with E-state index in [1.54, 1.807) is 18.2 Å². The number of amides is 1. The molecule has 2 aliphatic rings. The minimum atomic E-state index is -3.62. The zero-order valence-corrected chi connectivity index (χ0v) is 15.6. The van der Waals surface area contributed by atoms with Crippen LogP contribution >= 0.6 is 0 Å². The van der Waals surface area contributed by atoms with Crippen molar-refractivity contribution in [2.24, 2.45) is 16.2 Å². The first-order valence-electron chi connectivity index (χ1n) is 8.85. The summed E-state index contributed by atoms with van der Waals surface area (Å²) in [4.78, 5) is 14.6. The van der Waals surface area contributed by atoms with Crippen molar-refractivity contribution in [2.75, 3.05) is 19.6 Å². The number of sulfonamides is 1. The van der Waals surface area contributed by atoms with Crippen molar-refractivity contribution in [2.45, 2.75) is 38.0 Å². The van der Waals surface area contributed by atoms with Gasteiger partial charge in [-0.05, 0) is 37.3 Å². The lowest BCUT2D eigenvalue weighted by atomic mass is 9.96. The second kappa shape index (κ2) is 7.15. The van der Waals surface area contributed by atoms with Crippen molar-refractivity contribution in [1.82, 2.24) is 10.2 Å². The summed E-state index contributed by atoms with van der Waals surface area (Å²) in [5, 5.41) is 3.01. The molecule has 1 fully saturated rings. The van der Waals surface area contributed by atoms with Gasteiger partial charge in [-0.25, -0.2) is 0 Å². The average Bonchev–Trinajstić information content (AvgIpc) is 2.86. The third kappa shape index (κ3) is 3.86. The number of amidine groups is 1. The number of benzene rings is 1. The van der Waals surface area contributed by atoms with E-state index in [0.717, 1.165) is 25.8 Å². The molecular weight excluding hydrogens is 338 g/mol. The first-order valence-corrected chi connectivity index (χ1v) is 10.3. The van der Waals surface area contributed by atoms with Gasteiger partial charge in [-0.2, -0.15) is 8.42 Å². The molecular formula is C18H25N3O3S. The van der Waals surface area contributed by atoms with Crippen molar-refractivity contribution >= 4 is 21.8 Å². The number of nitrogens with zero attached hydrogens (tertiary/aromatic N) is 2. The molecule has 0 radical (unpaired) electrons. The first-order chi connectivity index (χ1) is 11.9. The smallest absolute Gasteiger partial charge is 0.285 e. The molecule has 2 heterocycles. The molecule has 0 aliphatic carbocycles. The maximum atomic E-state index is 12.4. The highest BCUT2D eigenvalue weighted by Crippen LogP contribution is 2.29. The topological polar surface area (TPSA) is 78.8 Å². The molecule has 1 aromatic carbocycles. The number of piperidine rings is 1. The van der Waals surface area contributed by atoms with Gasteiger partial charge in [0.2, 0.25) is 5.91 Å². The average molecular weight is 363 g/mol. The zero-order valence-electron chi connectivity index (χ0n) is 14.7. The highest BCUT2D eigenvalue weighted by molar-refractivity contribution is 7.90. The summed E-state index contributed by atoms with van der Waals surface area (Å²) in [6, 6.07) is 6.89. The van der Waals surface area contributed by atoms with E-state index in [2.05, 4.69) is 23.6 Å². The van der Waals surface area contributed by atoms with Crippen LogP contribution in [0.4, 0.5) is 0 Å². The molecule has 1 aromatic rings. The fourth-order valence-electron chi connectivity index (χ4n) is 3.33. The minimum Gasteiger partial charge on any atom is -0.356 e. The summed E-state index contributed by atoms with van der Waals surface area (Å²) in [6.07, 6.45) is 2.63. The molecule has 0 bridgehead atoms. The van der Waals surface area contributed by atoms with Gasteiger partial charge < -0.3 is 10.2 Å².